The average Bonchev–Trinajstić information content (AvgIpc) is 2.90. The highest BCUT2D eigenvalue weighted by Crippen LogP contribution is 2.27. The van der Waals surface area contributed by atoms with Crippen LogP contribution in [0.4, 0.5) is 5.95 Å². The third-order valence-electron chi connectivity index (χ3n) is 4.76. The Bertz CT molecular complexity index is 510. The van der Waals surface area contributed by atoms with Gasteiger partial charge in [-0.3, -0.25) is 4.90 Å². The number of hydrogen-bond acceptors (Lipinski definition) is 8. The van der Waals surface area contributed by atoms with Crippen LogP contribution in [0.2, 0.25) is 0 Å². The number of aromatic nitrogens is 2. The van der Waals surface area contributed by atoms with Crippen LogP contribution in [-0.2, 0) is 4.74 Å². The number of nitrogens with zero attached hydrogens (tertiary/aromatic N) is 5. The number of anilines is 1. The van der Waals surface area contributed by atoms with Crippen LogP contribution < -0.4 is 4.90 Å². The Hall–Kier alpha value is -1.32. The predicted octanol–water partition coefficient (Wildman–Crippen LogP) is -1.35. The maximum absolute atomic E-state index is 10.6. The van der Waals surface area contributed by atoms with Crippen molar-refractivity contribution in [2.45, 2.75) is 24.4 Å². The van der Waals surface area contributed by atoms with E-state index in [2.05, 4.69) is 24.7 Å². The fraction of sp³-hybridized carbons (Fsp3) is 0.750. The molecule has 134 valence electrons. The van der Waals surface area contributed by atoms with Crippen molar-refractivity contribution in [2.24, 2.45) is 0 Å². The van der Waals surface area contributed by atoms with Crippen molar-refractivity contribution < 1.29 is 14.9 Å². The summed E-state index contributed by atoms with van der Waals surface area (Å²) in [6.45, 7) is 3.81. The first-order valence-corrected chi connectivity index (χ1v) is 8.45. The molecule has 2 saturated heterocycles. The van der Waals surface area contributed by atoms with Crippen LogP contribution in [0.15, 0.2) is 18.5 Å². The molecule has 8 heteroatoms. The standard InChI is InChI=1S/C16H27N5O3/c1-19(2)10-12-14(15(23)13(11-22)24-12)20-6-8-21(9-7-20)16-17-4-3-5-18-16/h3-5,12-15,22-23H,6-11H2,1-2H3. The summed E-state index contributed by atoms with van der Waals surface area (Å²) >= 11 is 0. The summed E-state index contributed by atoms with van der Waals surface area (Å²) in [7, 11) is 3.98. The number of aliphatic hydroxyl groups is 2. The monoisotopic (exact) mass is 337 g/mol. The predicted molar refractivity (Wildman–Crippen MR) is 89.9 cm³/mol. The molecule has 2 aliphatic rings. The van der Waals surface area contributed by atoms with Gasteiger partial charge in [0, 0.05) is 45.1 Å². The summed E-state index contributed by atoms with van der Waals surface area (Å²) in [5, 5.41) is 20.0. The molecular formula is C16H27N5O3. The summed E-state index contributed by atoms with van der Waals surface area (Å²) in [5.41, 5.74) is 0. The van der Waals surface area contributed by atoms with Gasteiger partial charge < -0.3 is 24.7 Å². The van der Waals surface area contributed by atoms with Gasteiger partial charge in [0.25, 0.3) is 0 Å². The molecule has 2 N–H and O–H groups in total. The molecule has 4 unspecified atom stereocenters. The molecule has 0 bridgehead atoms. The van der Waals surface area contributed by atoms with Crippen LogP contribution >= 0.6 is 0 Å². The van der Waals surface area contributed by atoms with Gasteiger partial charge in [-0.2, -0.15) is 0 Å². The smallest absolute Gasteiger partial charge is 0.225 e. The topological polar surface area (TPSA) is 85.2 Å². The molecular weight excluding hydrogens is 310 g/mol. The number of aliphatic hydroxyl groups excluding tert-OH is 2. The molecule has 0 amide bonds. The van der Waals surface area contributed by atoms with E-state index in [1.165, 1.54) is 0 Å². The van der Waals surface area contributed by atoms with E-state index in [4.69, 9.17) is 4.74 Å². The molecule has 0 aliphatic carbocycles. The first-order valence-electron chi connectivity index (χ1n) is 8.45. The molecule has 1 aromatic rings. The number of rotatable bonds is 5. The van der Waals surface area contributed by atoms with E-state index in [9.17, 15) is 10.2 Å². The van der Waals surface area contributed by atoms with Crippen LogP contribution in [0.5, 0.6) is 0 Å². The molecule has 3 rings (SSSR count). The highest BCUT2D eigenvalue weighted by atomic mass is 16.5. The minimum atomic E-state index is -0.667. The first kappa shape index (κ1) is 17.5. The lowest BCUT2D eigenvalue weighted by Crippen LogP contribution is -2.57. The average molecular weight is 337 g/mol. The number of ether oxygens (including phenoxy) is 1. The Kier molecular flexibility index (Phi) is 5.62. The summed E-state index contributed by atoms with van der Waals surface area (Å²) < 4.78 is 5.89. The molecule has 1 aromatic heterocycles. The lowest BCUT2D eigenvalue weighted by molar-refractivity contribution is -0.0274. The normalized spacial score (nSPS) is 31.8. The van der Waals surface area contributed by atoms with Gasteiger partial charge in [-0.15, -0.1) is 0 Å². The van der Waals surface area contributed by atoms with Crippen molar-refractivity contribution >= 4 is 5.95 Å². The Morgan fingerprint density at radius 3 is 2.42 bits per heavy atom. The van der Waals surface area contributed by atoms with Gasteiger partial charge in [0.15, 0.2) is 0 Å². The van der Waals surface area contributed by atoms with Gasteiger partial charge in [0.05, 0.1) is 18.8 Å². The second-order valence-electron chi connectivity index (χ2n) is 6.71. The van der Waals surface area contributed by atoms with Crippen LogP contribution in [0.25, 0.3) is 0 Å². The molecule has 0 spiro atoms. The molecule has 0 aromatic carbocycles. The van der Waals surface area contributed by atoms with Crippen molar-refractivity contribution in [3.8, 4) is 0 Å². The van der Waals surface area contributed by atoms with Gasteiger partial charge >= 0.3 is 0 Å². The zero-order valence-corrected chi connectivity index (χ0v) is 14.3. The minimum absolute atomic E-state index is 0.0941. The lowest BCUT2D eigenvalue weighted by atomic mass is 10.0. The van der Waals surface area contributed by atoms with Crippen molar-refractivity contribution in [1.29, 1.82) is 0 Å². The minimum Gasteiger partial charge on any atom is -0.394 e. The summed E-state index contributed by atoms with van der Waals surface area (Å²) in [4.78, 5) is 15.1. The van der Waals surface area contributed by atoms with E-state index in [1.54, 1.807) is 12.4 Å². The Morgan fingerprint density at radius 1 is 1.17 bits per heavy atom. The van der Waals surface area contributed by atoms with Gasteiger partial charge in [0.2, 0.25) is 5.95 Å². The van der Waals surface area contributed by atoms with Crippen molar-refractivity contribution in [3.05, 3.63) is 18.5 Å². The van der Waals surface area contributed by atoms with E-state index in [1.807, 2.05) is 20.2 Å². The van der Waals surface area contributed by atoms with E-state index < -0.39 is 12.2 Å². The van der Waals surface area contributed by atoms with Crippen LogP contribution in [0, 0.1) is 0 Å². The molecule has 2 aliphatic heterocycles. The largest absolute Gasteiger partial charge is 0.394 e. The highest BCUT2D eigenvalue weighted by Gasteiger charge is 2.46. The van der Waals surface area contributed by atoms with Crippen LogP contribution in [0.1, 0.15) is 0 Å². The van der Waals surface area contributed by atoms with E-state index in [-0.39, 0.29) is 18.8 Å². The Balaban J connectivity index is 1.65. The van der Waals surface area contributed by atoms with Crippen molar-refractivity contribution in [1.82, 2.24) is 19.8 Å². The molecule has 0 radical (unpaired) electrons. The van der Waals surface area contributed by atoms with Gasteiger partial charge in [-0.1, -0.05) is 0 Å². The fourth-order valence-electron chi connectivity index (χ4n) is 3.61. The van der Waals surface area contributed by atoms with E-state index >= 15 is 0 Å². The number of hydrogen-bond donors (Lipinski definition) is 2. The van der Waals surface area contributed by atoms with E-state index in [0.717, 1.165) is 38.7 Å². The third kappa shape index (κ3) is 3.68. The third-order valence-corrected chi connectivity index (χ3v) is 4.76. The zero-order chi connectivity index (χ0) is 17.1. The van der Waals surface area contributed by atoms with Gasteiger partial charge in [0.1, 0.15) is 12.2 Å². The zero-order valence-electron chi connectivity index (χ0n) is 14.3. The Labute approximate surface area is 142 Å². The van der Waals surface area contributed by atoms with Crippen LogP contribution in [0.3, 0.4) is 0 Å². The number of piperazine rings is 1. The van der Waals surface area contributed by atoms with Crippen molar-refractivity contribution in [2.75, 3.05) is 58.3 Å². The van der Waals surface area contributed by atoms with Crippen LogP contribution in [-0.4, -0.2) is 108 Å². The van der Waals surface area contributed by atoms with Gasteiger partial charge in [-0.25, -0.2) is 9.97 Å². The lowest BCUT2D eigenvalue weighted by Gasteiger charge is -2.40. The highest BCUT2D eigenvalue weighted by molar-refractivity contribution is 5.29. The maximum atomic E-state index is 10.6. The quantitative estimate of drug-likeness (QED) is 0.682. The molecule has 3 heterocycles. The Morgan fingerprint density at radius 2 is 1.83 bits per heavy atom. The fourth-order valence-corrected chi connectivity index (χ4v) is 3.61. The summed E-state index contributed by atoms with van der Waals surface area (Å²) in [5.74, 6) is 0.749. The van der Waals surface area contributed by atoms with Gasteiger partial charge in [-0.05, 0) is 20.2 Å². The molecule has 24 heavy (non-hydrogen) atoms. The van der Waals surface area contributed by atoms with E-state index in [0.29, 0.717) is 0 Å². The first-order chi connectivity index (χ1) is 11.6. The second-order valence-corrected chi connectivity index (χ2v) is 6.71. The summed E-state index contributed by atoms with van der Waals surface area (Å²) in [6.07, 6.45) is 2.23. The second kappa shape index (κ2) is 7.71. The SMILES string of the molecule is CN(C)CC1OC(CO)C(O)C1N1CCN(c2ncccn2)CC1. The van der Waals surface area contributed by atoms with Crippen molar-refractivity contribution in [3.63, 3.8) is 0 Å². The summed E-state index contributed by atoms with van der Waals surface area (Å²) in [6, 6.07) is 1.72. The molecule has 8 nitrogen and oxygen atoms in total. The molecule has 4 atom stereocenters. The molecule has 0 saturated carbocycles. The molecule has 2 fully saturated rings. The number of likely N-dealkylation sites (N-methyl/N-ethyl adjacent to an activating group) is 1. The maximum Gasteiger partial charge on any atom is 0.225 e.